The molecule has 0 aliphatic heterocycles. The van der Waals surface area contributed by atoms with Crippen molar-refractivity contribution in [2.24, 2.45) is 0 Å². The molecule has 6 nitrogen and oxygen atoms in total. The molecule has 0 radical (unpaired) electrons. The van der Waals surface area contributed by atoms with E-state index in [4.69, 9.17) is 5.11 Å². The first-order valence-corrected chi connectivity index (χ1v) is 6.70. The molecule has 0 unspecified atom stereocenters. The minimum absolute atomic E-state index is 0.0117. The Labute approximate surface area is 127 Å². The predicted octanol–water partition coefficient (Wildman–Crippen LogP) is 1.42. The van der Waals surface area contributed by atoms with Crippen LogP contribution in [0.5, 0.6) is 0 Å². The van der Waals surface area contributed by atoms with Gasteiger partial charge in [-0.05, 0) is 17.7 Å². The lowest BCUT2D eigenvalue weighted by molar-refractivity contribution is 0.0696. The Morgan fingerprint density at radius 1 is 1.23 bits per heavy atom. The molecule has 2 aromatic rings. The molecule has 0 bridgehead atoms. The van der Waals surface area contributed by atoms with Gasteiger partial charge in [-0.2, -0.15) is 0 Å². The van der Waals surface area contributed by atoms with Crippen LogP contribution in [0.4, 0.5) is 0 Å². The van der Waals surface area contributed by atoms with Crippen molar-refractivity contribution in [3.63, 3.8) is 0 Å². The van der Waals surface area contributed by atoms with Gasteiger partial charge in [-0.25, -0.2) is 9.78 Å². The summed E-state index contributed by atoms with van der Waals surface area (Å²) in [6, 6.07) is 11.5. The molecule has 3 N–H and O–H groups in total. The topological polar surface area (TPSA) is 99.5 Å². The van der Waals surface area contributed by atoms with Crippen LogP contribution in [0.3, 0.4) is 0 Å². The summed E-state index contributed by atoms with van der Waals surface area (Å²) < 4.78 is 0. The van der Waals surface area contributed by atoms with Crippen LogP contribution in [-0.2, 0) is 6.42 Å². The molecule has 22 heavy (non-hydrogen) atoms. The van der Waals surface area contributed by atoms with Gasteiger partial charge in [-0.3, -0.25) is 4.79 Å². The average molecular weight is 300 g/mol. The van der Waals surface area contributed by atoms with Gasteiger partial charge in [0.05, 0.1) is 11.7 Å². The standard InChI is InChI=1S/C16H16N2O4/c1-17-15(20)13-8-11(16(21)22)7-12(18-13)9-14(19)10-5-3-2-4-6-10/h2-8,14,19H,9H2,1H3,(H,17,20)(H,21,22)/t14-/m0/s1. The SMILES string of the molecule is CNC(=O)c1cc(C(=O)O)cc(C[C@H](O)c2ccccc2)n1. The predicted molar refractivity (Wildman–Crippen MR) is 79.7 cm³/mol. The second-order valence-corrected chi connectivity index (χ2v) is 4.75. The number of carboxylic acids is 1. The summed E-state index contributed by atoms with van der Waals surface area (Å²) in [6.45, 7) is 0. The van der Waals surface area contributed by atoms with Crippen LogP contribution in [0.1, 0.15) is 38.2 Å². The van der Waals surface area contributed by atoms with E-state index in [9.17, 15) is 14.7 Å². The maximum absolute atomic E-state index is 11.7. The van der Waals surface area contributed by atoms with Gasteiger partial charge in [0.1, 0.15) is 5.69 Å². The molecule has 0 aliphatic carbocycles. The van der Waals surface area contributed by atoms with Gasteiger partial charge < -0.3 is 15.5 Å². The van der Waals surface area contributed by atoms with Gasteiger partial charge in [-0.1, -0.05) is 30.3 Å². The second kappa shape index (κ2) is 6.82. The molecule has 114 valence electrons. The van der Waals surface area contributed by atoms with E-state index in [1.807, 2.05) is 6.07 Å². The number of amides is 1. The van der Waals surface area contributed by atoms with Crippen molar-refractivity contribution in [2.75, 3.05) is 7.05 Å². The molecular weight excluding hydrogens is 284 g/mol. The molecule has 0 fully saturated rings. The Kier molecular flexibility index (Phi) is 4.85. The van der Waals surface area contributed by atoms with Gasteiger partial charge in [0.2, 0.25) is 0 Å². The van der Waals surface area contributed by atoms with Crippen molar-refractivity contribution in [2.45, 2.75) is 12.5 Å². The summed E-state index contributed by atoms with van der Waals surface area (Å²) in [7, 11) is 1.44. The first kappa shape index (κ1) is 15.7. The molecule has 0 spiro atoms. The number of aromatic carboxylic acids is 1. The summed E-state index contributed by atoms with van der Waals surface area (Å²) >= 11 is 0. The first-order chi connectivity index (χ1) is 10.5. The fraction of sp³-hybridized carbons (Fsp3) is 0.188. The van der Waals surface area contributed by atoms with Crippen LogP contribution >= 0.6 is 0 Å². The number of benzene rings is 1. The molecule has 1 amide bonds. The van der Waals surface area contributed by atoms with E-state index in [-0.39, 0.29) is 17.7 Å². The molecule has 1 aromatic carbocycles. The molecule has 1 heterocycles. The van der Waals surface area contributed by atoms with Gasteiger partial charge >= 0.3 is 5.97 Å². The molecule has 0 saturated heterocycles. The number of rotatable bonds is 5. The maximum Gasteiger partial charge on any atom is 0.335 e. The quantitative estimate of drug-likeness (QED) is 0.775. The summed E-state index contributed by atoms with van der Waals surface area (Å²) in [6.07, 6.45) is -0.704. The minimum atomic E-state index is -1.15. The number of nitrogens with zero attached hydrogens (tertiary/aromatic N) is 1. The highest BCUT2D eigenvalue weighted by atomic mass is 16.4. The van der Waals surface area contributed by atoms with E-state index in [0.717, 1.165) is 0 Å². The monoisotopic (exact) mass is 300 g/mol. The summed E-state index contributed by atoms with van der Waals surface area (Å²) in [5.74, 6) is -1.62. The number of hydrogen-bond acceptors (Lipinski definition) is 4. The Morgan fingerprint density at radius 2 is 1.91 bits per heavy atom. The average Bonchev–Trinajstić information content (AvgIpc) is 2.54. The number of carbonyl (C=O) groups excluding carboxylic acids is 1. The van der Waals surface area contributed by atoms with Gasteiger partial charge in [0.15, 0.2) is 0 Å². The molecule has 0 saturated carbocycles. The van der Waals surface area contributed by atoms with Gasteiger partial charge in [0, 0.05) is 19.2 Å². The maximum atomic E-state index is 11.7. The molecule has 0 aliphatic rings. The van der Waals surface area contributed by atoms with Gasteiger partial charge in [-0.15, -0.1) is 0 Å². The van der Waals surface area contributed by atoms with Crippen LogP contribution in [0.25, 0.3) is 0 Å². The third-order valence-corrected chi connectivity index (χ3v) is 3.17. The Morgan fingerprint density at radius 3 is 2.50 bits per heavy atom. The number of nitrogens with one attached hydrogen (secondary N) is 1. The zero-order valence-corrected chi connectivity index (χ0v) is 12.0. The number of pyridine rings is 1. The van der Waals surface area contributed by atoms with Crippen molar-refractivity contribution in [3.05, 3.63) is 65.0 Å². The lowest BCUT2D eigenvalue weighted by Gasteiger charge is -2.12. The van der Waals surface area contributed by atoms with E-state index in [1.165, 1.54) is 19.2 Å². The molecule has 2 rings (SSSR count). The number of carbonyl (C=O) groups is 2. The summed E-state index contributed by atoms with van der Waals surface area (Å²) in [5, 5.41) is 21.7. The van der Waals surface area contributed by atoms with Crippen molar-refractivity contribution < 1.29 is 19.8 Å². The van der Waals surface area contributed by atoms with Crippen LogP contribution < -0.4 is 5.32 Å². The normalized spacial score (nSPS) is 11.7. The highest BCUT2D eigenvalue weighted by Gasteiger charge is 2.16. The van der Waals surface area contributed by atoms with Crippen LogP contribution in [0, 0.1) is 0 Å². The minimum Gasteiger partial charge on any atom is -0.478 e. The molecular formula is C16H16N2O4. The fourth-order valence-electron chi connectivity index (χ4n) is 2.05. The Bertz CT molecular complexity index is 686. The number of aromatic nitrogens is 1. The largest absolute Gasteiger partial charge is 0.478 e. The van der Waals surface area contributed by atoms with E-state index in [0.29, 0.717) is 11.3 Å². The number of hydrogen-bond donors (Lipinski definition) is 3. The second-order valence-electron chi connectivity index (χ2n) is 4.75. The van der Waals surface area contributed by atoms with Crippen molar-refractivity contribution in [1.82, 2.24) is 10.3 Å². The number of carboxylic acid groups (broad SMARTS) is 1. The third kappa shape index (κ3) is 3.67. The van der Waals surface area contributed by atoms with Crippen molar-refractivity contribution >= 4 is 11.9 Å². The summed E-state index contributed by atoms with van der Waals surface area (Å²) in [5.41, 5.74) is 1.02. The molecule has 6 heteroatoms. The zero-order chi connectivity index (χ0) is 16.1. The molecule has 1 aromatic heterocycles. The summed E-state index contributed by atoms with van der Waals surface area (Å²) in [4.78, 5) is 26.9. The molecule has 1 atom stereocenters. The fourth-order valence-corrected chi connectivity index (χ4v) is 2.05. The van der Waals surface area contributed by atoms with Crippen molar-refractivity contribution in [3.8, 4) is 0 Å². The van der Waals surface area contributed by atoms with E-state index < -0.39 is 18.0 Å². The highest BCUT2D eigenvalue weighted by molar-refractivity contribution is 5.95. The van der Waals surface area contributed by atoms with Crippen LogP contribution in [0.2, 0.25) is 0 Å². The first-order valence-electron chi connectivity index (χ1n) is 6.70. The zero-order valence-electron chi connectivity index (χ0n) is 12.0. The lowest BCUT2D eigenvalue weighted by atomic mass is 10.0. The van der Waals surface area contributed by atoms with Crippen LogP contribution in [-0.4, -0.2) is 34.1 Å². The van der Waals surface area contributed by atoms with E-state index >= 15 is 0 Å². The van der Waals surface area contributed by atoms with Crippen LogP contribution in [0.15, 0.2) is 42.5 Å². The van der Waals surface area contributed by atoms with Gasteiger partial charge in [0.25, 0.3) is 5.91 Å². The number of aliphatic hydroxyl groups is 1. The Hall–Kier alpha value is -2.73. The van der Waals surface area contributed by atoms with E-state index in [1.54, 1.807) is 24.3 Å². The third-order valence-electron chi connectivity index (χ3n) is 3.17. The Balaban J connectivity index is 2.31. The highest BCUT2D eigenvalue weighted by Crippen LogP contribution is 2.18. The smallest absolute Gasteiger partial charge is 0.335 e. The number of aliphatic hydroxyl groups excluding tert-OH is 1. The van der Waals surface area contributed by atoms with Crippen molar-refractivity contribution in [1.29, 1.82) is 0 Å². The van der Waals surface area contributed by atoms with E-state index in [2.05, 4.69) is 10.3 Å². The lowest BCUT2D eigenvalue weighted by Crippen LogP contribution is -2.21.